The SMILES string of the molecule is O=C(NCCCCCO)[C@H](Cc1ccc(O)cc1)NC(=O)[C@H]1O[C@@H]1C(=O)O. The van der Waals surface area contributed by atoms with Gasteiger partial charge >= 0.3 is 5.97 Å². The van der Waals surface area contributed by atoms with Crippen molar-refractivity contribution in [2.24, 2.45) is 0 Å². The molecule has 9 heteroatoms. The molecule has 1 aromatic carbocycles. The van der Waals surface area contributed by atoms with E-state index < -0.39 is 36.0 Å². The molecule has 3 atom stereocenters. The molecule has 1 aromatic rings. The topological polar surface area (TPSA) is 148 Å². The van der Waals surface area contributed by atoms with Crippen molar-refractivity contribution < 1.29 is 34.4 Å². The Labute approximate surface area is 156 Å². The van der Waals surface area contributed by atoms with Crippen LogP contribution in [0, 0.1) is 0 Å². The number of carboxylic acid groups (broad SMARTS) is 1. The number of carbonyl (C=O) groups excluding carboxylic acids is 2. The monoisotopic (exact) mass is 380 g/mol. The zero-order chi connectivity index (χ0) is 19.8. The molecule has 1 heterocycles. The molecule has 0 spiro atoms. The molecular formula is C18H24N2O7. The van der Waals surface area contributed by atoms with Gasteiger partial charge in [-0.3, -0.25) is 9.59 Å². The number of hydrogen-bond acceptors (Lipinski definition) is 6. The highest BCUT2D eigenvalue weighted by molar-refractivity contribution is 5.95. The second kappa shape index (κ2) is 9.89. The fourth-order valence-corrected chi connectivity index (χ4v) is 2.58. The van der Waals surface area contributed by atoms with Gasteiger partial charge in [-0.2, -0.15) is 0 Å². The first-order chi connectivity index (χ1) is 12.9. The zero-order valence-electron chi connectivity index (χ0n) is 14.8. The largest absolute Gasteiger partial charge is 0.508 e. The molecule has 1 saturated heterocycles. The first-order valence-corrected chi connectivity index (χ1v) is 8.77. The molecule has 9 nitrogen and oxygen atoms in total. The molecule has 2 rings (SSSR count). The predicted octanol–water partition coefficient (Wildman–Crippen LogP) is -0.450. The van der Waals surface area contributed by atoms with Crippen LogP contribution in [0.25, 0.3) is 0 Å². The molecule has 0 unspecified atom stereocenters. The van der Waals surface area contributed by atoms with Crippen molar-refractivity contribution in [3.63, 3.8) is 0 Å². The van der Waals surface area contributed by atoms with Gasteiger partial charge in [-0.05, 0) is 37.0 Å². The average molecular weight is 380 g/mol. The second-order valence-electron chi connectivity index (χ2n) is 6.32. The van der Waals surface area contributed by atoms with Crippen LogP contribution in [0.3, 0.4) is 0 Å². The summed E-state index contributed by atoms with van der Waals surface area (Å²) in [4.78, 5) is 35.4. The highest BCUT2D eigenvalue weighted by atomic mass is 16.6. The van der Waals surface area contributed by atoms with Crippen LogP contribution in [0.4, 0.5) is 0 Å². The van der Waals surface area contributed by atoms with E-state index in [1.54, 1.807) is 12.1 Å². The van der Waals surface area contributed by atoms with E-state index in [-0.39, 0.29) is 18.8 Å². The van der Waals surface area contributed by atoms with Crippen LogP contribution in [-0.2, 0) is 25.5 Å². The Bertz CT molecular complexity index is 662. The summed E-state index contributed by atoms with van der Waals surface area (Å²) in [5.41, 5.74) is 0.722. The van der Waals surface area contributed by atoms with Crippen molar-refractivity contribution >= 4 is 17.8 Å². The van der Waals surface area contributed by atoms with Crippen LogP contribution in [0.1, 0.15) is 24.8 Å². The van der Waals surface area contributed by atoms with Crippen LogP contribution >= 0.6 is 0 Å². The minimum absolute atomic E-state index is 0.0864. The molecule has 0 aliphatic carbocycles. The first-order valence-electron chi connectivity index (χ1n) is 8.77. The van der Waals surface area contributed by atoms with Crippen LogP contribution < -0.4 is 10.6 Å². The van der Waals surface area contributed by atoms with Crippen molar-refractivity contribution in [3.05, 3.63) is 29.8 Å². The normalized spacial score (nSPS) is 19.1. The highest BCUT2D eigenvalue weighted by Gasteiger charge is 2.51. The standard InChI is InChI=1S/C18H24N2O7/c21-9-3-1-2-8-19-16(23)13(10-11-4-6-12(22)7-5-11)20-17(24)14-15(27-14)18(25)26/h4-7,13-15,21-22H,1-3,8-10H2,(H,19,23)(H,20,24)(H,25,26)/t13-,14-,15-/m0/s1. The van der Waals surface area contributed by atoms with Crippen molar-refractivity contribution in [1.29, 1.82) is 0 Å². The van der Waals surface area contributed by atoms with Crippen LogP contribution in [-0.4, -0.2) is 64.5 Å². The Balaban J connectivity index is 1.94. The van der Waals surface area contributed by atoms with E-state index in [4.69, 9.17) is 14.9 Å². The van der Waals surface area contributed by atoms with E-state index in [0.29, 0.717) is 19.4 Å². The summed E-state index contributed by atoms with van der Waals surface area (Å²) >= 11 is 0. The lowest BCUT2D eigenvalue weighted by molar-refractivity contribution is -0.138. The number of hydrogen-bond donors (Lipinski definition) is 5. The predicted molar refractivity (Wildman–Crippen MR) is 94.0 cm³/mol. The lowest BCUT2D eigenvalue weighted by Gasteiger charge is -2.18. The van der Waals surface area contributed by atoms with Gasteiger partial charge in [-0.25, -0.2) is 4.79 Å². The number of benzene rings is 1. The van der Waals surface area contributed by atoms with Crippen LogP contribution in [0.5, 0.6) is 5.75 Å². The maximum absolute atomic E-state index is 12.5. The van der Waals surface area contributed by atoms with Crippen molar-refractivity contribution in [3.8, 4) is 5.75 Å². The number of epoxide rings is 1. The molecule has 1 fully saturated rings. The molecule has 0 aromatic heterocycles. The second-order valence-corrected chi connectivity index (χ2v) is 6.32. The first kappa shape index (κ1) is 20.7. The number of phenols is 1. The number of carbonyl (C=O) groups is 3. The van der Waals surface area contributed by atoms with Crippen molar-refractivity contribution in [2.45, 2.75) is 43.9 Å². The summed E-state index contributed by atoms with van der Waals surface area (Å²) in [5.74, 6) is -2.18. The number of aliphatic carboxylic acids is 1. The zero-order valence-corrected chi connectivity index (χ0v) is 14.8. The highest BCUT2D eigenvalue weighted by Crippen LogP contribution is 2.22. The van der Waals surface area contributed by atoms with E-state index in [2.05, 4.69) is 10.6 Å². The summed E-state index contributed by atoms with van der Waals surface area (Å²) in [7, 11) is 0. The van der Waals surface area contributed by atoms with E-state index in [1.165, 1.54) is 12.1 Å². The summed E-state index contributed by atoms with van der Waals surface area (Å²) in [5, 5.41) is 32.2. The number of carboxylic acids is 1. The molecule has 1 aliphatic rings. The quantitative estimate of drug-likeness (QED) is 0.258. The molecule has 148 valence electrons. The minimum Gasteiger partial charge on any atom is -0.508 e. The molecular weight excluding hydrogens is 356 g/mol. The Morgan fingerprint density at radius 3 is 2.37 bits per heavy atom. The smallest absolute Gasteiger partial charge is 0.336 e. The summed E-state index contributed by atoms with van der Waals surface area (Å²) < 4.78 is 4.81. The van der Waals surface area contributed by atoms with Gasteiger partial charge in [-0.15, -0.1) is 0 Å². The average Bonchev–Trinajstić information content (AvgIpc) is 3.44. The van der Waals surface area contributed by atoms with Gasteiger partial charge in [0, 0.05) is 19.6 Å². The van der Waals surface area contributed by atoms with E-state index in [0.717, 1.165) is 12.0 Å². The Hall–Kier alpha value is -2.65. The van der Waals surface area contributed by atoms with E-state index in [1.807, 2.05) is 0 Å². The van der Waals surface area contributed by atoms with Gasteiger partial charge in [0.05, 0.1) is 0 Å². The van der Waals surface area contributed by atoms with Gasteiger partial charge < -0.3 is 30.7 Å². The summed E-state index contributed by atoms with van der Waals surface area (Å²) in [6.45, 7) is 0.498. The maximum atomic E-state index is 12.5. The van der Waals surface area contributed by atoms with Gasteiger partial charge in [0.1, 0.15) is 11.8 Å². The third-order valence-corrected chi connectivity index (χ3v) is 4.14. The number of ether oxygens (including phenoxy) is 1. The fourth-order valence-electron chi connectivity index (χ4n) is 2.58. The number of amides is 2. The Morgan fingerprint density at radius 1 is 1.07 bits per heavy atom. The number of phenolic OH excluding ortho intramolecular Hbond substituents is 1. The maximum Gasteiger partial charge on any atom is 0.336 e. The lowest BCUT2D eigenvalue weighted by Crippen LogP contribution is -2.49. The van der Waals surface area contributed by atoms with Crippen LogP contribution in [0.2, 0.25) is 0 Å². The molecule has 0 saturated carbocycles. The number of nitrogens with one attached hydrogen (secondary N) is 2. The third kappa shape index (κ3) is 6.54. The number of unbranched alkanes of at least 4 members (excludes halogenated alkanes) is 2. The Morgan fingerprint density at radius 2 is 1.78 bits per heavy atom. The van der Waals surface area contributed by atoms with E-state index >= 15 is 0 Å². The summed E-state index contributed by atoms with van der Waals surface area (Å²) in [6.07, 6.45) is 0.0158. The molecule has 1 aliphatic heterocycles. The van der Waals surface area contributed by atoms with Gasteiger partial charge in [0.15, 0.2) is 12.2 Å². The fraction of sp³-hybridized carbons (Fsp3) is 0.500. The number of rotatable bonds is 11. The van der Waals surface area contributed by atoms with Crippen molar-refractivity contribution in [2.75, 3.05) is 13.2 Å². The van der Waals surface area contributed by atoms with Crippen molar-refractivity contribution in [1.82, 2.24) is 10.6 Å². The number of aliphatic hydroxyl groups is 1. The Kier molecular flexibility index (Phi) is 7.56. The van der Waals surface area contributed by atoms with Crippen LogP contribution in [0.15, 0.2) is 24.3 Å². The van der Waals surface area contributed by atoms with E-state index in [9.17, 15) is 19.5 Å². The summed E-state index contributed by atoms with van der Waals surface area (Å²) in [6, 6.07) is 5.32. The lowest BCUT2D eigenvalue weighted by atomic mass is 10.0. The molecule has 0 radical (unpaired) electrons. The number of aromatic hydroxyl groups is 1. The van der Waals surface area contributed by atoms with Gasteiger partial charge in [0.25, 0.3) is 5.91 Å². The molecule has 5 N–H and O–H groups in total. The molecule has 27 heavy (non-hydrogen) atoms. The third-order valence-electron chi connectivity index (χ3n) is 4.14. The number of aliphatic hydroxyl groups excluding tert-OH is 1. The molecule has 2 amide bonds. The minimum atomic E-state index is -1.22. The van der Waals surface area contributed by atoms with Gasteiger partial charge in [-0.1, -0.05) is 12.1 Å². The molecule has 0 bridgehead atoms. The van der Waals surface area contributed by atoms with Gasteiger partial charge in [0.2, 0.25) is 5.91 Å².